The van der Waals surface area contributed by atoms with Gasteiger partial charge in [0.25, 0.3) is 0 Å². The Labute approximate surface area is 173 Å². The fourth-order valence-electron chi connectivity index (χ4n) is 0. The predicted molar refractivity (Wildman–Crippen MR) is 108 cm³/mol. The van der Waals surface area contributed by atoms with Crippen LogP contribution in [-0.4, -0.2) is 19.0 Å². The molecule has 0 radical (unpaired) electrons. The first kappa shape index (κ1) is 34.4. The van der Waals surface area contributed by atoms with Gasteiger partial charge in [-0.25, -0.2) is 0 Å². The average Bonchev–Trinajstić information content (AvgIpc) is 1.62. The number of rotatable bonds is 0. The predicted octanol–water partition coefficient (Wildman–Crippen LogP) is 5.32. The summed E-state index contributed by atoms with van der Waals surface area (Å²) in [6, 6.07) is 0. The maximum atomic E-state index is 4.83. The van der Waals surface area contributed by atoms with Crippen molar-refractivity contribution in [3.8, 4) is 0 Å². The van der Waals surface area contributed by atoms with Gasteiger partial charge in [0.05, 0.1) is 0 Å². The molecule has 0 saturated carbocycles. The van der Waals surface area contributed by atoms with Crippen molar-refractivity contribution in [3.63, 3.8) is 0 Å². The van der Waals surface area contributed by atoms with E-state index in [4.69, 9.17) is 50.5 Å². The summed E-state index contributed by atoms with van der Waals surface area (Å²) in [6.07, 6.45) is 0. The summed E-state index contributed by atoms with van der Waals surface area (Å²) in [5.74, 6) is 0. The summed E-state index contributed by atoms with van der Waals surface area (Å²) >= 11 is 19.3. The third kappa shape index (κ3) is 2000. The molecule has 0 spiro atoms. The first-order valence-corrected chi connectivity index (χ1v) is 8.45. The van der Waals surface area contributed by atoms with E-state index >= 15 is 0 Å². The molecule has 0 unspecified atom stereocenters. The molecule has 5 heteroatoms. The van der Waals surface area contributed by atoms with E-state index in [1.165, 1.54) is 0 Å². The van der Waals surface area contributed by atoms with E-state index in [1.807, 2.05) is 83.1 Å². The van der Waals surface area contributed by atoms with Crippen molar-refractivity contribution < 1.29 is 21.7 Å². The van der Waals surface area contributed by atoms with Gasteiger partial charge in [0, 0.05) is 0 Å². The van der Waals surface area contributed by atoms with E-state index in [-0.39, 0.29) is 40.7 Å². The molecule has 0 amide bonds. The number of hydrogen-bond donors (Lipinski definition) is 0. The molecule has 128 valence electrons. The Bertz CT molecular complexity index is 130. The van der Waals surface area contributed by atoms with Gasteiger partial charge in [-0.2, -0.15) is 19.0 Å². The van der Waals surface area contributed by atoms with E-state index in [0.29, 0.717) is 0 Å². The van der Waals surface area contributed by atoms with Crippen LogP contribution in [0.4, 0.5) is 0 Å². The van der Waals surface area contributed by atoms with Crippen LogP contribution in [0.5, 0.6) is 0 Å². The molecule has 0 saturated heterocycles. The minimum atomic E-state index is 0. The maximum Gasteiger partial charge on any atom is 4.00 e. The minimum Gasteiger partial charge on any atom is -0.787 e. The van der Waals surface area contributed by atoms with Gasteiger partial charge in [-0.1, -0.05) is 83.1 Å². The van der Waals surface area contributed by atoms with E-state index in [0.717, 1.165) is 0 Å². The standard InChI is InChI=1S/4C4H10S.Ti/c4*1-4(2,3)5;/h4*5H,1-3H3;/q;;;;+4/p-4. The molecule has 0 aliphatic carbocycles. The second kappa shape index (κ2) is 14.5. The molecule has 0 rings (SSSR count). The van der Waals surface area contributed by atoms with Crippen LogP contribution in [-0.2, 0) is 72.2 Å². The van der Waals surface area contributed by atoms with E-state index in [1.54, 1.807) is 0 Å². The van der Waals surface area contributed by atoms with Crippen molar-refractivity contribution in [2.75, 3.05) is 0 Å². The van der Waals surface area contributed by atoms with E-state index in [9.17, 15) is 0 Å². The molecule has 0 fully saturated rings. The monoisotopic (exact) mass is 404 g/mol. The van der Waals surface area contributed by atoms with Crippen LogP contribution in [0.15, 0.2) is 0 Å². The summed E-state index contributed by atoms with van der Waals surface area (Å²) in [7, 11) is 0. The molecule has 0 nitrogen and oxygen atoms in total. The van der Waals surface area contributed by atoms with Gasteiger partial charge >= 0.3 is 21.7 Å². The summed E-state index contributed by atoms with van der Waals surface area (Å²) in [4.78, 5) is 0. The van der Waals surface area contributed by atoms with Crippen molar-refractivity contribution in [2.24, 2.45) is 0 Å². The SMILES string of the molecule is CC(C)(C)[S-].CC(C)(C)[S-].CC(C)(C)[S-].CC(C)(C)[S-].[Ti+4]. The van der Waals surface area contributed by atoms with Gasteiger partial charge in [0.15, 0.2) is 0 Å². The molecule has 0 heterocycles. The molecule has 0 bridgehead atoms. The molecule has 0 atom stereocenters. The molecule has 0 N–H and O–H groups in total. The third-order valence-electron chi connectivity index (χ3n) is 0. The van der Waals surface area contributed by atoms with Crippen LogP contribution in [0.1, 0.15) is 83.1 Å². The Kier molecular flexibility index (Phi) is 23.7. The zero-order valence-electron chi connectivity index (χ0n) is 16.1. The summed E-state index contributed by atoms with van der Waals surface area (Å²) in [6.45, 7) is 24.0. The van der Waals surface area contributed by atoms with Gasteiger partial charge in [-0.15, -0.1) is 0 Å². The normalized spacial score (nSPS) is 11.4. The van der Waals surface area contributed by atoms with Crippen molar-refractivity contribution in [1.82, 2.24) is 0 Å². The largest absolute Gasteiger partial charge is 4.00 e. The van der Waals surface area contributed by atoms with Crippen LogP contribution in [0.25, 0.3) is 0 Å². The zero-order valence-corrected chi connectivity index (χ0v) is 21.0. The van der Waals surface area contributed by atoms with Gasteiger partial charge in [-0.3, -0.25) is 0 Å². The Hall–Kier alpha value is 2.11. The van der Waals surface area contributed by atoms with Crippen molar-refractivity contribution in [2.45, 2.75) is 102 Å². The van der Waals surface area contributed by atoms with Gasteiger partial charge in [0.1, 0.15) is 0 Å². The van der Waals surface area contributed by atoms with E-state index in [2.05, 4.69) is 0 Å². The van der Waals surface area contributed by atoms with Crippen LogP contribution in [0.3, 0.4) is 0 Å². The Balaban J connectivity index is -0.0000000533. The fourth-order valence-corrected chi connectivity index (χ4v) is 0. The van der Waals surface area contributed by atoms with Crippen LogP contribution >= 0.6 is 0 Å². The Morgan fingerprint density at radius 1 is 0.333 bits per heavy atom. The van der Waals surface area contributed by atoms with Crippen LogP contribution in [0.2, 0.25) is 0 Å². The van der Waals surface area contributed by atoms with E-state index < -0.39 is 0 Å². The quantitative estimate of drug-likeness (QED) is 0.395. The summed E-state index contributed by atoms with van der Waals surface area (Å²) < 4.78 is 0.333. The van der Waals surface area contributed by atoms with Gasteiger partial charge < -0.3 is 50.5 Å². The molecule has 0 aromatic carbocycles. The Morgan fingerprint density at radius 3 is 0.333 bits per heavy atom. The molecule has 21 heavy (non-hydrogen) atoms. The van der Waals surface area contributed by atoms with Crippen molar-refractivity contribution >= 4 is 50.5 Å². The number of hydrogen-bond acceptors (Lipinski definition) is 4. The van der Waals surface area contributed by atoms with Gasteiger partial charge in [-0.05, 0) is 0 Å². The molecule has 0 aromatic heterocycles. The van der Waals surface area contributed by atoms with Crippen LogP contribution in [0, 0.1) is 0 Å². The van der Waals surface area contributed by atoms with Gasteiger partial charge in [0.2, 0.25) is 0 Å². The Morgan fingerprint density at radius 2 is 0.333 bits per heavy atom. The second-order valence-corrected chi connectivity index (χ2v) is 13.3. The fraction of sp³-hybridized carbons (Fsp3) is 1.00. The molecule has 0 aromatic rings. The minimum absolute atomic E-state index is 0. The average molecular weight is 405 g/mol. The first-order valence-electron chi connectivity index (χ1n) is 6.82. The zero-order chi connectivity index (χ0) is 18.0. The van der Waals surface area contributed by atoms with Crippen LogP contribution < -0.4 is 0 Å². The summed E-state index contributed by atoms with van der Waals surface area (Å²) in [5.41, 5.74) is 0. The molecular formula is C16H36S4Ti. The van der Waals surface area contributed by atoms with Crippen molar-refractivity contribution in [3.05, 3.63) is 0 Å². The first-order chi connectivity index (χ1) is 8.00. The molecule has 0 aliphatic heterocycles. The topological polar surface area (TPSA) is 0 Å². The third-order valence-corrected chi connectivity index (χ3v) is 0. The smallest absolute Gasteiger partial charge is 0.787 e. The van der Waals surface area contributed by atoms with Crippen molar-refractivity contribution in [1.29, 1.82) is 0 Å². The molecular weight excluding hydrogens is 368 g/mol. The second-order valence-electron chi connectivity index (χ2n) is 8.45. The maximum absolute atomic E-state index is 4.83. The molecule has 0 aliphatic rings. The summed E-state index contributed by atoms with van der Waals surface area (Å²) in [5, 5.41) is 0.